The first-order chi connectivity index (χ1) is 11.3. The summed E-state index contributed by atoms with van der Waals surface area (Å²) in [6.45, 7) is 6.02. The third-order valence-corrected chi connectivity index (χ3v) is 5.08. The Hall–Kier alpha value is -0.895. The lowest BCUT2D eigenvalue weighted by molar-refractivity contribution is -0.153. The monoisotopic (exact) mass is 378 g/mol. The van der Waals surface area contributed by atoms with Crippen LogP contribution >= 0.6 is 0 Å². The predicted molar refractivity (Wildman–Crippen MR) is 91.5 cm³/mol. The van der Waals surface area contributed by atoms with E-state index < -0.39 is 42.3 Å². The van der Waals surface area contributed by atoms with E-state index in [1.54, 1.807) is 18.4 Å². The van der Waals surface area contributed by atoms with Gasteiger partial charge in [-0.3, -0.25) is 0 Å². The number of halogens is 3. The summed E-state index contributed by atoms with van der Waals surface area (Å²) in [5, 5.41) is 0. The lowest BCUT2D eigenvalue weighted by atomic mass is 9.77. The Balaban J connectivity index is 2.34. The summed E-state index contributed by atoms with van der Waals surface area (Å²) >= 11 is -1.08. The molecule has 4 nitrogen and oxygen atoms in total. The second kappa shape index (κ2) is 7.02. The number of ether oxygens (including phenoxy) is 1. The largest absolute Gasteiger partial charge is 0.616 e. The van der Waals surface area contributed by atoms with Crippen LogP contribution in [-0.4, -0.2) is 41.9 Å². The molecule has 2 rings (SSSR count). The van der Waals surface area contributed by atoms with Crippen LogP contribution in [0.25, 0.3) is 0 Å². The number of benzene rings is 1. The quantitative estimate of drug-likeness (QED) is 0.584. The Morgan fingerprint density at radius 2 is 1.72 bits per heavy atom. The first kappa shape index (κ1) is 20.4. The van der Waals surface area contributed by atoms with Crippen molar-refractivity contribution in [1.82, 2.24) is 0 Å². The molecule has 1 atom stereocenters. The molecule has 1 aromatic carbocycles. The normalized spacial score (nSPS) is 20.6. The molecular weight excluding hydrogens is 356 g/mol. The lowest BCUT2D eigenvalue weighted by Gasteiger charge is -2.32. The molecule has 0 aliphatic carbocycles. The average molecular weight is 378 g/mol. The van der Waals surface area contributed by atoms with Gasteiger partial charge in [0.1, 0.15) is 11.5 Å². The van der Waals surface area contributed by atoms with E-state index in [-0.39, 0.29) is 11.5 Å². The van der Waals surface area contributed by atoms with Gasteiger partial charge in [-0.15, -0.1) is 0 Å². The molecule has 9 heteroatoms. The molecule has 1 aliphatic rings. The maximum Gasteiger partial charge on any atom is 0.498 e. The second-order valence-corrected chi connectivity index (χ2v) is 8.52. The van der Waals surface area contributed by atoms with Crippen LogP contribution in [0.2, 0.25) is 0 Å². The van der Waals surface area contributed by atoms with Gasteiger partial charge in [-0.05, 0) is 33.8 Å². The van der Waals surface area contributed by atoms with Gasteiger partial charge in [0.2, 0.25) is 0 Å². The summed E-state index contributed by atoms with van der Waals surface area (Å²) in [5.74, 6) is 0.327. The van der Waals surface area contributed by atoms with Gasteiger partial charge in [-0.1, -0.05) is 23.3 Å². The molecule has 1 aliphatic heterocycles. The molecule has 0 aromatic heterocycles. The molecule has 140 valence electrons. The van der Waals surface area contributed by atoms with Gasteiger partial charge < -0.3 is 18.6 Å². The van der Waals surface area contributed by atoms with Crippen molar-refractivity contribution in [1.29, 1.82) is 0 Å². The number of hydrogen-bond donors (Lipinski definition) is 0. The van der Waals surface area contributed by atoms with Crippen molar-refractivity contribution in [3.8, 4) is 5.75 Å². The Bertz CT molecular complexity index is 604. The van der Waals surface area contributed by atoms with E-state index >= 15 is 0 Å². The van der Waals surface area contributed by atoms with Gasteiger partial charge in [0.25, 0.3) is 0 Å². The average Bonchev–Trinajstić information content (AvgIpc) is 2.64. The van der Waals surface area contributed by atoms with Crippen LogP contribution in [0.5, 0.6) is 5.75 Å². The van der Waals surface area contributed by atoms with E-state index in [0.29, 0.717) is 11.0 Å². The minimum atomic E-state index is -4.45. The highest BCUT2D eigenvalue weighted by Gasteiger charge is 2.52. The van der Waals surface area contributed by atoms with Gasteiger partial charge in [-0.2, -0.15) is 13.2 Å². The van der Waals surface area contributed by atoms with Crippen LogP contribution in [-0.2, 0) is 26.2 Å². The number of hydrogen-bond acceptors (Lipinski definition) is 4. The van der Waals surface area contributed by atoms with Crippen molar-refractivity contribution in [2.24, 2.45) is 0 Å². The van der Waals surface area contributed by atoms with E-state index in [1.807, 2.05) is 27.7 Å². The number of rotatable bonds is 5. The molecule has 0 spiro atoms. The molecule has 1 fully saturated rings. The summed E-state index contributed by atoms with van der Waals surface area (Å²) < 4.78 is 65.8. The van der Waals surface area contributed by atoms with Gasteiger partial charge >= 0.3 is 13.3 Å². The van der Waals surface area contributed by atoms with Crippen LogP contribution in [0.3, 0.4) is 0 Å². The van der Waals surface area contributed by atoms with Gasteiger partial charge in [0.05, 0.1) is 17.5 Å². The fourth-order valence-electron chi connectivity index (χ4n) is 2.37. The smallest absolute Gasteiger partial charge is 0.498 e. The third-order valence-electron chi connectivity index (χ3n) is 4.34. The van der Waals surface area contributed by atoms with E-state index in [0.717, 1.165) is 0 Å². The fourth-order valence-corrected chi connectivity index (χ4v) is 3.02. The van der Waals surface area contributed by atoms with Crippen LogP contribution < -0.4 is 10.2 Å². The minimum absolute atomic E-state index is 0.0430. The molecule has 1 heterocycles. The first-order valence-corrected chi connectivity index (χ1v) is 9.51. The van der Waals surface area contributed by atoms with Crippen molar-refractivity contribution >= 4 is 23.8 Å². The topological polar surface area (TPSA) is 50.8 Å². The molecule has 0 N–H and O–H groups in total. The lowest BCUT2D eigenvalue weighted by Crippen LogP contribution is -2.41. The summed E-state index contributed by atoms with van der Waals surface area (Å²) in [5.41, 5.74) is -0.193. The van der Waals surface area contributed by atoms with Crippen molar-refractivity contribution in [3.05, 3.63) is 23.8 Å². The Kier molecular flexibility index (Phi) is 5.73. The summed E-state index contributed by atoms with van der Waals surface area (Å²) in [6, 6.07) is 4.67. The highest BCUT2D eigenvalue weighted by Crippen LogP contribution is 2.37. The maximum atomic E-state index is 12.5. The molecule has 0 amide bonds. The summed E-state index contributed by atoms with van der Waals surface area (Å²) in [7, 11) is -0.863. The standard InChI is InChI=1S/C16H22BF3O4S/c1-14(2)15(3,4)24-17(23-14)12-8-11(9-25(5)21)6-7-13(12)22-10-16(18,19)20/h6-8H,9-10H2,1-5H3. The van der Waals surface area contributed by atoms with Crippen molar-refractivity contribution < 1.29 is 31.8 Å². The highest BCUT2D eigenvalue weighted by atomic mass is 32.2. The van der Waals surface area contributed by atoms with Crippen LogP contribution in [0, 0.1) is 0 Å². The van der Waals surface area contributed by atoms with Gasteiger partial charge in [0, 0.05) is 11.0 Å². The number of alkyl halides is 3. The molecule has 1 aromatic rings. The molecule has 1 saturated heterocycles. The van der Waals surface area contributed by atoms with Crippen molar-refractivity contribution in [2.75, 3.05) is 12.9 Å². The van der Waals surface area contributed by atoms with Crippen molar-refractivity contribution in [2.45, 2.75) is 50.8 Å². The fraction of sp³-hybridized carbons (Fsp3) is 0.625. The minimum Gasteiger partial charge on any atom is -0.616 e. The SMILES string of the molecule is C[S+]([O-])Cc1ccc(OCC(F)(F)F)c(B2OC(C)(C)C(C)(C)O2)c1. The first-order valence-electron chi connectivity index (χ1n) is 7.79. The molecule has 0 radical (unpaired) electrons. The Labute approximate surface area is 149 Å². The molecule has 1 unspecified atom stereocenters. The molecular formula is C16H22BF3O4S. The van der Waals surface area contributed by atoms with Crippen LogP contribution in [0.15, 0.2) is 18.2 Å². The zero-order valence-corrected chi connectivity index (χ0v) is 15.7. The van der Waals surface area contributed by atoms with E-state index in [4.69, 9.17) is 14.0 Å². The summed E-state index contributed by atoms with van der Waals surface area (Å²) in [6.07, 6.45) is -2.89. The molecule has 0 saturated carbocycles. The highest BCUT2D eigenvalue weighted by molar-refractivity contribution is 7.89. The molecule has 0 bridgehead atoms. The Morgan fingerprint density at radius 1 is 1.16 bits per heavy atom. The van der Waals surface area contributed by atoms with E-state index in [9.17, 15) is 17.7 Å². The molecule has 25 heavy (non-hydrogen) atoms. The second-order valence-electron chi connectivity index (χ2n) is 7.08. The van der Waals surface area contributed by atoms with Crippen molar-refractivity contribution in [3.63, 3.8) is 0 Å². The predicted octanol–water partition coefficient (Wildman–Crippen LogP) is 2.81. The zero-order valence-electron chi connectivity index (χ0n) is 14.9. The van der Waals surface area contributed by atoms with E-state index in [2.05, 4.69) is 0 Å². The third kappa shape index (κ3) is 5.06. The zero-order chi connectivity index (χ0) is 19.0. The van der Waals surface area contributed by atoms with Gasteiger partial charge in [-0.25, -0.2) is 0 Å². The van der Waals surface area contributed by atoms with Gasteiger partial charge in [0.15, 0.2) is 6.61 Å². The van der Waals surface area contributed by atoms with Crippen LogP contribution in [0.4, 0.5) is 13.2 Å². The Morgan fingerprint density at radius 3 is 2.20 bits per heavy atom. The maximum absolute atomic E-state index is 12.5. The van der Waals surface area contributed by atoms with Crippen LogP contribution in [0.1, 0.15) is 33.3 Å². The van der Waals surface area contributed by atoms with E-state index in [1.165, 1.54) is 6.07 Å². The summed E-state index contributed by atoms with van der Waals surface area (Å²) in [4.78, 5) is 0.